The number of ether oxygens (including phenoxy) is 1. The first-order valence-electron chi connectivity index (χ1n) is 7.50. The summed E-state index contributed by atoms with van der Waals surface area (Å²) in [5.74, 6) is 3.48. The molecule has 2 saturated carbocycles. The lowest BCUT2D eigenvalue weighted by Crippen LogP contribution is -2.34. The lowest BCUT2D eigenvalue weighted by Gasteiger charge is -2.24. The van der Waals surface area contributed by atoms with Gasteiger partial charge in [0.1, 0.15) is 5.75 Å². The SMILES string of the molecule is COc1ccccc1-c1noc(C2C3CCC(C3)C2N)n1.Cl. The molecule has 2 N–H and O–H groups in total. The van der Waals surface area contributed by atoms with Gasteiger partial charge in [-0.2, -0.15) is 4.98 Å². The molecule has 0 saturated heterocycles. The largest absolute Gasteiger partial charge is 0.496 e. The summed E-state index contributed by atoms with van der Waals surface area (Å²) in [5, 5.41) is 4.14. The fourth-order valence-corrected chi connectivity index (χ4v) is 4.01. The first-order valence-corrected chi connectivity index (χ1v) is 7.50. The third kappa shape index (κ3) is 2.29. The van der Waals surface area contributed by atoms with Gasteiger partial charge < -0.3 is 15.0 Å². The maximum atomic E-state index is 6.35. The molecule has 2 aliphatic carbocycles. The van der Waals surface area contributed by atoms with Gasteiger partial charge in [0.25, 0.3) is 0 Å². The van der Waals surface area contributed by atoms with Crippen molar-refractivity contribution in [1.82, 2.24) is 10.1 Å². The number of methoxy groups -OCH3 is 1. The third-order valence-electron chi connectivity index (χ3n) is 5.06. The van der Waals surface area contributed by atoms with Crippen molar-refractivity contribution in [2.24, 2.45) is 17.6 Å². The summed E-state index contributed by atoms with van der Waals surface area (Å²) < 4.78 is 10.9. The normalized spacial score (nSPS) is 29.4. The molecule has 4 rings (SSSR count). The van der Waals surface area contributed by atoms with Crippen LogP contribution in [0, 0.1) is 11.8 Å². The molecule has 0 radical (unpaired) electrons. The van der Waals surface area contributed by atoms with Crippen molar-refractivity contribution >= 4 is 12.4 Å². The van der Waals surface area contributed by atoms with Crippen LogP contribution in [0.25, 0.3) is 11.4 Å². The molecule has 5 nitrogen and oxygen atoms in total. The minimum absolute atomic E-state index is 0. The fourth-order valence-electron chi connectivity index (χ4n) is 4.01. The number of halogens is 1. The van der Waals surface area contributed by atoms with Crippen molar-refractivity contribution in [2.75, 3.05) is 7.11 Å². The van der Waals surface area contributed by atoms with Crippen LogP contribution < -0.4 is 10.5 Å². The number of nitrogens with zero attached hydrogens (tertiary/aromatic N) is 2. The van der Waals surface area contributed by atoms with Gasteiger partial charge in [-0.15, -0.1) is 12.4 Å². The maximum Gasteiger partial charge on any atom is 0.231 e. The van der Waals surface area contributed by atoms with Crippen LogP contribution in [0.2, 0.25) is 0 Å². The first kappa shape index (κ1) is 15.3. The van der Waals surface area contributed by atoms with Crippen molar-refractivity contribution in [3.63, 3.8) is 0 Å². The number of para-hydroxylation sites is 1. The van der Waals surface area contributed by atoms with Gasteiger partial charge in [0.2, 0.25) is 11.7 Å². The Kier molecular flexibility index (Phi) is 4.10. The van der Waals surface area contributed by atoms with Crippen LogP contribution in [-0.4, -0.2) is 23.3 Å². The van der Waals surface area contributed by atoms with E-state index in [0.717, 1.165) is 11.3 Å². The molecule has 1 aromatic heterocycles. The quantitative estimate of drug-likeness (QED) is 0.940. The number of rotatable bonds is 3. The monoisotopic (exact) mass is 321 g/mol. The van der Waals surface area contributed by atoms with Crippen LogP contribution in [0.15, 0.2) is 28.8 Å². The van der Waals surface area contributed by atoms with E-state index in [1.807, 2.05) is 24.3 Å². The molecule has 2 aromatic rings. The van der Waals surface area contributed by atoms with Crippen molar-refractivity contribution in [3.8, 4) is 17.1 Å². The predicted octanol–water partition coefficient (Wildman–Crippen LogP) is 3.01. The zero-order valence-electron chi connectivity index (χ0n) is 12.4. The van der Waals surface area contributed by atoms with Gasteiger partial charge >= 0.3 is 0 Å². The van der Waals surface area contributed by atoms with E-state index in [9.17, 15) is 0 Å². The van der Waals surface area contributed by atoms with Crippen LogP contribution >= 0.6 is 12.4 Å². The van der Waals surface area contributed by atoms with E-state index in [2.05, 4.69) is 10.1 Å². The van der Waals surface area contributed by atoms with Crippen LogP contribution in [0.4, 0.5) is 0 Å². The zero-order valence-corrected chi connectivity index (χ0v) is 13.3. The molecule has 2 aliphatic rings. The average Bonchev–Trinajstić information content (AvgIpc) is 3.22. The second-order valence-electron chi connectivity index (χ2n) is 6.09. The first-order chi connectivity index (χ1) is 10.3. The minimum atomic E-state index is 0. The van der Waals surface area contributed by atoms with E-state index < -0.39 is 0 Å². The Hall–Kier alpha value is -1.59. The van der Waals surface area contributed by atoms with Crippen molar-refractivity contribution in [2.45, 2.75) is 31.2 Å². The zero-order chi connectivity index (χ0) is 14.4. The van der Waals surface area contributed by atoms with Gasteiger partial charge in [0, 0.05) is 6.04 Å². The van der Waals surface area contributed by atoms with Crippen molar-refractivity contribution in [3.05, 3.63) is 30.2 Å². The Morgan fingerprint density at radius 1 is 1.23 bits per heavy atom. The number of fused-ring (bicyclic) bond motifs is 2. The highest BCUT2D eigenvalue weighted by Crippen LogP contribution is 2.51. The second kappa shape index (κ2) is 5.89. The summed E-state index contributed by atoms with van der Waals surface area (Å²) in [6.07, 6.45) is 3.68. The van der Waals surface area contributed by atoms with Gasteiger partial charge in [0.05, 0.1) is 18.6 Å². The summed E-state index contributed by atoms with van der Waals surface area (Å²) in [6.45, 7) is 0. The molecule has 2 fully saturated rings. The summed E-state index contributed by atoms with van der Waals surface area (Å²) in [7, 11) is 1.64. The smallest absolute Gasteiger partial charge is 0.231 e. The van der Waals surface area contributed by atoms with E-state index in [1.54, 1.807) is 7.11 Å². The Morgan fingerprint density at radius 2 is 2.00 bits per heavy atom. The maximum absolute atomic E-state index is 6.35. The Balaban J connectivity index is 0.00000144. The fraction of sp³-hybridized carbons (Fsp3) is 0.500. The van der Waals surface area contributed by atoms with Crippen molar-refractivity contribution in [1.29, 1.82) is 0 Å². The van der Waals surface area contributed by atoms with Gasteiger partial charge in [-0.25, -0.2) is 0 Å². The van der Waals surface area contributed by atoms with Crippen LogP contribution in [0.5, 0.6) is 5.75 Å². The Bertz CT molecular complexity index is 658. The minimum Gasteiger partial charge on any atom is -0.496 e. The molecule has 2 bridgehead atoms. The standard InChI is InChI=1S/C16H19N3O2.ClH/c1-20-12-5-3-2-4-11(12)15-18-16(21-19-15)13-9-6-7-10(8-9)14(13)17;/h2-5,9-10,13-14H,6-8,17H2,1H3;1H. The number of hydrogen-bond acceptors (Lipinski definition) is 5. The molecular weight excluding hydrogens is 302 g/mol. The predicted molar refractivity (Wildman–Crippen MR) is 85.1 cm³/mol. The topological polar surface area (TPSA) is 74.2 Å². The van der Waals surface area contributed by atoms with Gasteiger partial charge in [-0.3, -0.25) is 0 Å². The van der Waals surface area contributed by atoms with Gasteiger partial charge in [-0.1, -0.05) is 17.3 Å². The molecule has 1 heterocycles. The van der Waals surface area contributed by atoms with Crippen LogP contribution in [0.3, 0.4) is 0 Å². The van der Waals surface area contributed by atoms with E-state index in [0.29, 0.717) is 23.6 Å². The Morgan fingerprint density at radius 3 is 2.73 bits per heavy atom. The molecule has 4 unspecified atom stereocenters. The van der Waals surface area contributed by atoms with Crippen LogP contribution in [0.1, 0.15) is 31.1 Å². The van der Waals surface area contributed by atoms with E-state index in [1.165, 1.54) is 19.3 Å². The molecule has 1 aromatic carbocycles. The van der Waals surface area contributed by atoms with E-state index in [-0.39, 0.29) is 24.4 Å². The molecular formula is C16H20ClN3O2. The highest BCUT2D eigenvalue weighted by atomic mass is 35.5. The number of aromatic nitrogens is 2. The molecule has 6 heteroatoms. The van der Waals surface area contributed by atoms with Crippen LogP contribution in [-0.2, 0) is 0 Å². The molecule has 118 valence electrons. The van der Waals surface area contributed by atoms with E-state index in [4.69, 9.17) is 15.0 Å². The molecule has 0 spiro atoms. The summed E-state index contributed by atoms with van der Waals surface area (Å²) >= 11 is 0. The van der Waals surface area contributed by atoms with Gasteiger partial charge in [-0.05, 0) is 43.2 Å². The second-order valence-corrected chi connectivity index (χ2v) is 6.09. The molecule has 0 amide bonds. The van der Waals surface area contributed by atoms with Crippen molar-refractivity contribution < 1.29 is 9.26 Å². The third-order valence-corrected chi connectivity index (χ3v) is 5.06. The number of nitrogens with two attached hydrogens (primary N) is 1. The Labute approximate surface area is 135 Å². The summed E-state index contributed by atoms with van der Waals surface area (Å²) in [6, 6.07) is 7.87. The summed E-state index contributed by atoms with van der Waals surface area (Å²) in [5.41, 5.74) is 7.20. The highest BCUT2D eigenvalue weighted by molar-refractivity contribution is 5.85. The molecule has 4 atom stereocenters. The number of benzene rings is 1. The summed E-state index contributed by atoms with van der Waals surface area (Å²) in [4.78, 5) is 4.60. The molecule has 22 heavy (non-hydrogen) atoms. The van der Waals surface area contributed by atoms with E-state index >= 15 is 0 Å². The number of hydrogen-bond donors (Lipinski definition) is 1. The highest BCUT2D eigenvalue weighted by Gasteiger charge is 2.48. The lowest BCUT2D eigenvalue weighted by molar-refractivity contribution is 0.279. The average molecular weight is 322 g/mol. The van der Waals surface area contributed by atoms with Gasteiger partial charge in [0.15, 0.2) is 0 Å². The molecule has 0 aliphatic heterocycles. The lowest BCUT2D eigenvalue weighted by atomic mass is 9.85.